The smallest absolute Gasteiger partial charge is 0.236 e. The molecule has 0 radical (unpaired) electrons. The van der Waals surface area contributed by atoms with Crippen LogP contribution in [-0.4, -0.2) is 13.0 Å². The van der Waals surface area contributed by atoms with Gasteiger partial charge in [-0.15, -0.1) is 0 Å². The van der Waals surface area contributed by atoms with Crippen molar-refractivity contribution >= 4 is 11.6 Å². The van der Waals surface area contributed by atoms with Gasteiger partial charge in [0.15, 0.2) is 0 Å². The molecule has 3 heteroatoms. The fourth-order valence-corrected chi connectivity index (χ4v) is 3.70. The number of nitrogens with one attached hydrogen (secondary N) is 1. The fraction of sp³-hybridized carbons (Fsp3) is 0.160. The molecule has 1 heterocycles. The molecule has 0 unspecified atom stereocenters. The Hall–Kier alpha value is -3.51. The van der Waals surface area contributed by atoms with E-state index in [4.69, 9.17) is 4.74 Å². The van der Waals surface area contributed by atoms with E-state index in [0.29, 0.717) is 12.8 Å². The van der Waals surface area contributed by atoms with E-state index in [1.165, 1.54) is 0 Å². The van der Waals surface area contributed by atoms with Crippen molar-refractivity contribution in [3.63, 3.8) is 0 Å². The second kappa shape index (κ2) is 7.62. The number of fused-ring (bicyclic) bond motifs is 1. The van der Waals surface area contributed by atoms with Gasteiger partial charge in [0, 0.05) is 17.7 Å². The molecule has 0 aromatic heterocycles. The largest absolute Gasteiger partial charge is 0.497 e. The van der Waals surface area contributed by atoms with Crippen molar-refractivity contribution in [1.82, 2.24) is 0 Å². The van der Waals surface area contributed by atoms with Crippen LogP contribution in [0.25, 0.3) is 0 Å². The standard InChI is InChI=1S/C25H21NO2/c1-28-21-15-13-20(14-16-21)18-25(17-7-10-19-8-3-2-4-9-19)22-11-5-6-12-23(22)26-24(25)27/h2-6,8-9,11-16H,17-18H2,1H3,(H,26,27)/t25-/m0/s1. The third-order valence-electron chi connectivity index (χ3n) is 5.19. The zero-order valence-electron chi connectivity index (χ0n) is 15.7. The second-order valence-electron chi connectivity index (χ2n) is 6.95. The molecule has 0 saturated heterocycles. The number of methoxy groups -OCH3 is 1. The highest BCUT2D eigenvalue weighted by Crippen LogP contribution is 2.42. The van der Waals surface area contributed by atoms with Gasteiger partial charge in [0.2, 0.25) is 5.91 Å². The number of hydrogen-bond acceptors (Lipinski definition) is 2. The molecule has 4 rings (SSSR count). The molecule has 138 valence electrons. The summed E-state index contributed by atoms with van der Waals surface area (Å²) in [5.74, 6) is 7.27. The van der Waals surface area contributed by atoms with Crippen LogP contribution in [0, 0.1) is 11.8 Å². The van der Waals surface area contributed by atoms with E-state index in [1.54, 1.807) is 7.11 Å². The van der Waals surface area contributed by atoms with Crippen LogP contribution < -0.4 is 10.1 Å². The molecule has 0 spiro atoms. The minimum atomic E-state index is -0.701. The molecular weight excluding hydrogens is 346 g/mol. The Kier molecular flexibility index (Phi) is 4.87. The van der Waals surface area contributed by atoms with Gasteiger partial charge in [-0.1, -0.05) is 60.4 Å². The fourth-order valence-electron chi connectivity index (χ4n) is 3.70. The first-order chi connectivity index (χ1) is 13.7. The first-order valence-electron chi connectivity index (χ1n) is 9.29. The molecule has 0 bridgehead atoms. The molecule has 0 fully saturated rings. The van der Waals surface area contributed by atoms with Crippen molar-refractivity contribution in [3.05, 3.63) is 95.6 Å². The Balaban J connectivity index is 1.71. The Morgan fingerprint density at radius 2 is 1.64 bits per heavy atom. The molecule has 1 N–H and O–H groups in total. The molecule has 1 atom stereocenters. The second-order valence-corrected chi connectivity index (χ2v) is 6.95. The van der Waals surface area contributed by atoms with Gasteiger partial charge in [-0.05, 0) is 47.9 Å². The lowest BCUT2D eigenvalue weighted by atomic mass is 9.74. The van der Waals surface area contributed by atoms with Crippen LogP contribution in [0.15, 0.2) is 78.9 Å². The monoisotopic (exact) mass is 367 g/mol. The lowest BCUT2D eigenvalue weighted by Crippen LogP contribution is -2.36. The average Bonchev–Trinajstić information content (AvgIpc) is 3.01. The number of anilines is 1. The zero-order valence-corrected chi connectivity index (χ0v) is 15.7. The van der Waals surface area contributed by atoms with Crippen LogP contribution in [-0.2, 0) is 16.6 Å². The van der Waals surface area contributed by atoms with Crippen LogP contribution >= 0.6 is 0 Å². The van der Waals surface area contributed by atoms with Gasteiger partial charge in [0.1, 0.15) is 5.75 Å². The zero-order chi connectivity index (χ0) is 19.4. The van der Waals surface area contributed by atoms with E-state index in [9.17, 15) is 4.79 Å². The van der Waals surface area contributed by atoms with E-state index in [2.05, 4.69) is 17.2 Å². The van der Waals surface area contributed by atoms with E-state index >= 15 is 0 Å². The summed E-state index contributed by atoms with van der Waals surface area (Å²) in [5.41, 5.74) is 3.22. The first kappa shape index (κ1) is 17.9. The topological polar surface area (TPSA) is 38.3 Å². The number of para-hydroxylation sites is 1. The number of amides is 1. The molecule has 3 aromatic rings. The lowest BCUT2D eigenvalue weighted by Gasteiger charge is -2.25. The van der Waals surface area contributed by atoms with Crippen LogP contribution in [0.5, 0.6) is 5.75 Å². The molecule has 0 saturated carbocycles. The summed E-state index contributed by atoms with van der Waals surface area (Å²) in [7, 11) is 1.65. The Morgan fingerprint density at radius 3 is 2.39 bits per heavy atom. The summed E-state index contributed by atoms with van der Waals surface area (Å²) in [5, 5.41) is 3.05. The average molecular weight is 367 g/mol. The number of hydrogen-bond donors (Lipinski definition) is 1. The molecule has 1 aliphatic rings. The minimum absolute atomic E-state index is 0.00637. The highest BCUT2D eigenvalue weighted by molar-refractivity contribution is 6.06. The Morgan fingerprint density at radius 1 is 0.929 bits per heavy atom. The van der Waals surface area contributed by atoms with Crippen molar-refractivity contribution in [2.24, 2.45) is 0 Å². The number of rotatable bonds is 4. The summed E-state index contributed by atoms with van der Waals surface area (Å²) in [4.78, 5) is 13.1. The molecule has 28 heavy (non-hydrogen) atoms. The normalized spacial score (nSPS) is 17.2. The summed E-state index contributed by atoms with van der Waals surface area (Å²) < 4.78 is 5.25. The van der Waals surface area contributed by atoms with Crippen LogP contribution in [0.1, 0.15) is 23.1 Å². The summed E-state index contributed by atoms with van der Waals surface area (Å²) in [6, 6.07) is 25.6. The highest BCUT2D eigenvalue weighted by Gasteiger charge is 2.46. The van der Waals surface area contributed by atoms with Crippen molar-refractivity contribution in [2.75, 3.05) is 12.4 Å². The van der Waals surface area contributed by atoms with E-state index in [-0.39, 0.29) is 5.91 Å². The predicted molar refractivity (Wildman–Crippen MR) is 111 cm³/mol. The highest BCUT2D eigenvalue weighted by atomic mass is 16.5. The number of ether oxygens (including phenoxy) is 1. The maximum absolute atomic E-state index is 13.1. The Bertz CT molecular complexity index is 1050. The third-order valence-corrected chi connectivity index (χ3v) is 5.19. The molecule has 0 aliphatic carbocycles. The maximum atomic E-state index is 13.1. The maximum Gasteiger partial charge on any atom is 0.236 e. The van der Waals surface area contributed by atoms with Gasteiger partial charge in [-0.3, -0.25) is 4.79 Å². The molecular formula is C25H21NO2. The van der Waals surface area contributed by atoms with Crippen molar-refractivity contribution in [3.8, 4) is 17.6 Å². The summed E-state index contributed by atoms with van der Waals surface area (Å²) in [6.45, 7) is 0. The van der Waals surface area contributed by atoms with Crippen molar-refractivity contribution in [2.45, 2.75) is 18.3 Å². The SMILES string of the molecule is COc1ccc(C[C@]2(CC#Cc3ccccc3)C(=O)Nc3ccccc32)cc1. The quantitative estimate of drug-likeness (QED) is 0.686. The predicted octanol–water partition coefficient (Wildman–Crippen LogP) is 4.57. The van der Waals surface area contributed by atoms with Crippen molar-refractivity contribution in [1.29, 1.82) is 0 Å². The van der Waals surface area contributed by atoms with Crippen LogP contribution in [0.2, 0.25) is 0 Å². The third kappa shape index (κ3) is 3.37. The van der Waals surface area contributed by atoms with Crippen LogP contribution in [0.4, 0.5) is 5.69 Å². The number of carbonyl (C=O) groups excluding carboxylic acids is 1. The molecule has 3 nitrogen and oxygen atoms in total. The van der Waals surface area contributed by atoms with Gasteiger partial charge in [0.05, 0.1) is 12.5 Å². The summed E-state index contributed by atoms with van der Waals surface area (Å²) >= 11 is 0. The van der Waals surface area contributed by atoms with E-state index in [0.717, 1.165) is 28.1 Å². The number of carbonyl (C=O) groups is 1. The minimum Gasteiger partial charge on any atom is -0.497 e. The molecule has 3 aromatic carbocycles. The first-order valence-corrected chi connectivity index (χ1v) is 9.29. The van der Waals surface area contributed by atoms with Crippen LogP contribution in [0.3, 0.4) is 0 Å². The summed E-state index contributed by atoms with van der Waals surface area (Å²) in [6.07, 6.45) is 1.04. The lowest BCUT2D eigenvalue weighted by molar-refractivity contribution is -0.120. The number of benzene rings is 3. The van der Waals surface area contributed by atoms with Crippen molar-refractivity contribution < 1.29 is 9.53 Å². The molecule has 1 aliphatic heterocycles. The molecule has 1 amide bonds. The van der Waals surface area contributed by atoms with E-state index < -0.39 is 5.41 Å². The Labute approximate surface area is 165 Å². The van der Waals surface area contributed by atoms with Gasteiger partial charge < -0.3 is 10.1 Å². The van der Waals surface area contributed by atoms with Gasteiger partial charge in [0.25, 0.3) is 0 Å². The van der Waals surface area contributed by atoms with Gasteiger partial charge in [-0.2, -0.15) is 0 Å². The van der Waals surface area contributed by atoms with E-state index in [1.807, 2.05) is 78.9 Å². The van der Waals surface area contributed by atoms with Gasteiger partial charge >= 0.3 is 0 Å². The van der Waals surface area contributed by atoms with Gasteiger partial charge in [-0.25, -0.2) is 0 Å².